The molecule has 3 aromatic rings. The Kier molecular flexibility index (Phi) is 6.09. The molecular weight excluding hydrogens is 433 g/mol. The van der Waals surface area contributed by atoms with E-state index >= 15 is 0 Å². The maximum Gasteiger partial charge on any atom is 0.416 e. The summed E-state index contributed by atoms with van der Waals surface area (Å²) in [5, 5.41) is 2.63. The molecule has 0 radical (unpaired) electrons. The number of hydrogen-bond acceptors (Lipinski definition) is 3. The highest BCUT2D eigenvalue weighted by molar-refractivity contribution is 6.04. The van der Waals surface area contributed by atoms with Gasteiger partial charge in [0.05, 0.1) is 5.56 Å². The van der Waals surface area contributed by atoms with Crippen LogP contribution in [0.1, 0.15) is 34.0 Å². The van der Waals surface area contributed by atoms with Crippen molar-refractivity contribution in [2.24, 2.45) is 0 Å². The summed E-state index contributed by atoms with van der Waals surface area (Å²) in [5.41, 5.74) is 1.04. The van der Waals surface area contributed by atoms with E-state index in [0.29, 0.717) is 23.5 Å². The van der Waals surface area contributed by atoms with E-state index in [1.54, 1.807) is 30.0 Å². The lowest BCUT2D eigenvalue weighted by atomic mass is 10.1. The maximum atomic E-state index is 13.0. The van der Waals surface area contributed by atoms with E-state index in [2.05, 4.69) is 5.32 Å². The van der Waals surface area contributed by atoms with Crippen molar-refractivity contribution in [1.29, 1.82) is 0 Å². The summed E-state index contributed by atoms with van der Waals surface area (Å²) < 4.78 is 44.7. The van der Waals surface area contributed by atoms with E-state index in [1.165, 1.54) is 12.1 Å². The molecule has 170 valence electrons. The number of anilines is 1. The fourth-order valence-electron chi connectivity index (χ4n) is 3.65. The van der Waals surface area contributed by atoms with Gasteiger partial charge < -0.3 is 15.0 Å². The lowest BCUT2D eigenvalue weighted by Gasteiger charge is -2.22. The normalized spacial score (nSPS) is 15.9. The molecule has 2 amide bonds. The van der Waals surface area contributed by atoms with Gasteiger partial charge in [-0.25, -0.2) is 0 Å². The van der Waals surface area contributed by atoms with Crippen LogP contribution in [-0.4, -0.2) is 22.8 Å². The van der Waals surface area contributed by atoms with Crippen LogP contribution in [0, 0.1) is 0 Å². The van der Waals surface area contributed by atoms with Crippen molar-refractivity contribution in [2.75, 3.05) is 5.32 Å². The Labute approximate surface area is 188 Å². The number of amides is 2. The minimum absolute atomic E-state index is 0.106. The van der Waals surface area contributed by atoms with Gasteiger partial charge in [-0.3, -0.25) is 9.59 Å². The number of halogens is 3. The molecule has 1 N–H and O–H groups in total. The predicted molar refractivity (Wildman–Crippen MR) is 117 cm³/mol. The topological polar surface area (TPSA) is 58.6 Å². The summed E-state index contributed by atoms with van der Waals surface area (Å²) in [6, 6.07) is 18.7. The number of hydrogen-bond donors (Lipinski definition) is 1. The monoisotopic (exact) mass is 454 g/mol. The third kappa shape index (κ3) is 5.16. The molecule has 1 atom stereocenters. The molecule has 3 aromatic carbocycles. The number of nitrogens with one attached hydrogen (secondary N) is 1. The van der Waals surface area contributed by atoms with E-state index in [4.69, 9.17) is 4.74 Å². The first-order valence-corrected chi connectivity index (χ1v) is 10.3. The molecule has 8 heteroatoms. The van der Waals surface area contributed by atoms with Crippen LogP contribution in [0.4, 0.5) is 18.9 Å². The number of benzene rings is 3. The third-order valence-corrected chi connectivity index (χ3v) is 5.31. The van der Waals surface area contributed by atoms with Crippen molar-refractivity contribution in [3.63, 3.8) is 0 Å². The van der Waals surface area contributed by atoms with Crippen molar-refractivity contribution >= 4 is 17.5 Å². The minimum Gasteiger partial charge on any atom is -0.481 e. The van der Waals surface area contributed by atoms with Gasteiger partial charge >= 0.3 is 6.18 Å². The Morgan fingerprint density at radius 3 is 2.55 bits per heavy atom. The molecule has 1 heterocycles. The quantitative estimate of drug-likeness (QED) is 0.585. The minimum atomic E-state index is -4.54. The predicted octanol–water partition coefficient (Wildman–Crippen LogP) is 5.27. The molecule has 0 saturated carbocycles. The largest absolute Gasteiger partial charge is 0.481 e. The van der Waals surface area contributed by atoms with Crippen LogP contribution in [0.3, 0.4) is 0 Å². The second-order valence-corrected chi connectivity index (χ2v) is 7.80. The Bertz CT molecular complexity index is 1180. The van der Waals surface area contributed by atoms with E-state index in [-0.39, 0.29) is 18.0 Å². The number of nitrogens with zero attached hydrogens (tertiary/aromatic N) is 1. The van der Waals surface area contributed by atoms with Crippen LogP contribution < -0.4 is 10.1 Å². The van der Waals surface area contributed by atoms with Crippen LogP contribution in [0.15, 0.2) is 72.8 Å². The van der Waals surface area contributed by atoms with Crippen molar-refractivity contribution < 1.29 is 27.5 Å². The third-order valence-electron chi connectivity index (χ3n) is 5.31. The smallest absolute Gasteiger partial charge is 0.416 e. The van der Waals surface area contributed by atoms with E-state index < -0.39 is 23.8 Å². The zero-order valence-electron chi connectivity index (χ0n) is 17.7. The molecule has 33 heavy (non-hydrogen) atoms. The van der Waals surface area contributed by atoms with Crippen LogP contribution in [-0.2, 0) is 24.1 Å². The Morgan fingerprint density at radius 2 is 1.82 bits per heavy atom. The molecule has 4 rings (SSSR count). The van der Waals surface area contributed by atoms with Crippen molar-refractivity contribution in [2.45, 2.75) is 32.3 Å². The van der Waals surface area contributed by atoms with Crippen molar-refractivity contribution in [3.05, 3.63) is 95.1 Å². The molecule has 0 aliphatic carbocycles. The lowest BCUT2D eigenvalue weighted by molar-refractivity contribution is -0.138. The molecule has 0 unspecified atom stereocenters. The summed E-state index contributed by atoms with van der Waals surface area (Å²) in [6.45, 7) is 2.34. The molecule has 0 aromatic heterocycles. The molecule has 1 aliphatic rings. The van der Waals surface area contributed by atoms with Gasteiger partial charge in [-0.2, -0.15) is 13.2 Å². The highest BCUT2D eigenvalue weighted by Gasteiger charge is 2.31. The Morgan fingerprint density at radius 1 is 1.06 bits per heavy atom. The molecule has 0 fully saturated rings. The first-order chi connectivity index (χ1) is 15.7. The highest BCUT2D eigenvalue weighted by atomic mass is 19.4. The summed E-state index contributed by atoms with van der Waals surface area (Å²) in [5.74, 6) is -0.311. The average Bonchev–Trinajstić information content (AvgIpc) is 2.90. The second-order valence-electron chi connectivity index (χ2n) is 7.80. The van der Waals surface area contributed by atoms with Gasteiger partial charge in [0, 0.05) is 29.9 Å². The lowest BCUT2D eigenvalue weighted by Crippen LogP contribution is -2.37. The first-order valence-electron chi connectivity index (χ1n) is 10.3. The first kappa shape index (κ1) is 22.4. The summed E-state index contributed by atoms with van der Waals surface area (Å²) >= 11 is 0. The molecular formula is C25H21F3N2O3. The van der Waals surface area contributed by atoms with Crippen molar-refractivity contribution in [3.8, 4) is 5.75 Å². The van der Waals surface area contributed by atoms with Gasteiger partial charge in [0.2, 0.25) is 0 Å². The van der Waals surface area contributed by atoms with Gasteiger partial charge in [0.25, 0.3) is 11.8 Å². The SMILES string of the molecule is C[C@H]1Oc2ccc(NC(=O)c3cccc(C(F)(F)F)c3)cc2CN(Cc2ccccc2)C1=O. The molecule has 1 aliphatic heterocycles. The van der Waals surface area contributed by atoms with Gasteiger partial charge in [-0.1, -0.05) is 36.4 Å². The summed E-state index contributed by atoms with van der Waals surface area (Å²) in [6.07, 6.45) is -5.22. The van der Waals surface area contributed by atoms with E-state index in [0.717, 1.165) is 17.7 Å². The highest BCUT2D eigenvalue weighted by Crippen LogP contribution is 2.31. The molecule has 0 saturated heterocycles. The van der Waals surface area contributed by atoms with Crippen LogP contribution in [0.5, 0.6) is 5.75 Å². The second kappa shape index (κ2) is 8.97. The van der Waals surface area contributed by atoms with Gasteiger partial charge in [-0.15, -0.1) is 0 Å². The molecule has 0 spiro atoms. The summed E-state index contributed by atoms with van der Waals surface area (Å²) in [4.78, 5) is 27.1. The number of fused-ring (bicyclic) bond motifs is 1. The maximum absolute atomic E-state index is 13.0. The van der Waals surface area contributed by atoms with Crippen LogP contribution in [0.2, 0.25) is 0 Å². The summed E-state index contributed by atoms with van der Waals surface area (Å²) in [7, 11) is 0. The fourth-order valence-corrected chi connectivity index (χ4v) is 3.65. The van der Waals surface area contributed by atoms with E-state index in [9.17, 15) is 22.8 Å². The zero-order chi connectivity index (χ0) is 23.6. The molecule has 0 bridgehead atoms. The number of ether oxygens (including phenoxy) is 1. The fraction of sp³-hybridized carbons (Fsp3) is 0.200. The Hall–Kier alpha value is -3.81. The van der Waals surface area contributed by atoms with Crippen LogP contribution >= 0.6 is 0 Å². The van der Waals surface area contributed by atoms with Gasteiger partial charge in [0.15, 0.2) is 6.10 Å². The number of carbonyl (C=O) groups excluding carboxylic acids is 2. The standard InChI is InChI=1S/C25H21F3N2O3/c1-16-24(32)30(14-17-6-3-2-4-7-17)15-19-13-21(10-11-22(19)33-16)29-23(31)18-8-5-9-20(12-18)25(26,27)28/h2-13,16H,14-15H2,1H3,(H,29,31)/t16-/m1/s1. The van der Waals surface area contributed by atoms with E-state index in [1.807, 2.05) is 30.3 Å². The van der Waals surface area contributed by atoms with Crippen molar-refractivity contribution in [1.82, 2.24) is 4.90 Å². The number of rotatable bonds is 4. The van der Waals surface area contributed by atoms with Gasteiger partial charge in [-0.05, 0) is 48.9 Å². The Balaban J connectivity index is 1.56. The number of alkyl halides is 3. The molecule has 5 nitrogen and oxygen atoms in total. The average molecular weight is 454 g/mol. The van der Waals surface area contributed by atoms with Gasteiger partial charge in [0.1, 0.15) is 5.75 Å². The zero-order valence-corrected chi connectivity index (χ0v) is 17.7. The number of carbonyl (C=O) groups is 2. The van der Waals surface area contributed by atoms with Crippen LogP contribution in [0.25, 0.3) is 0 Å².